The lowest BCUT2D eigenvalue weighted by molar-refractivity contribution is -0.160. The highest BCUT2D eigenvalue weighted by Gasteiger charge is 2.82. The predicted molar refractivity (Wildman–Crippen MR) is 105 cm³/mol. The number of rotatable bonds is 4. The van der Waals surface area contributed by atoms with E-state index in [1.54, 1.807) is 6.08 Å². The van der Waals surface area contributed by atoms with E-state index in [0.717, 1.165) is 5.57 Å². The molecule has 3 saturated carbocycles. The highest BCUT2D eigenvalue weighted by molar-refractivity contribution is 5.92. The van der Waals surface area contributed by atoms with Gasteiger partial charge in [0.25, 0.3) is 0 Å². The summed E-state index contributed by atoms with van der Waals surface area (Å²) in [4.78, 5) is 35.7. The molecule has 0 aromatic heterocycles. The molecule has 5 rings (SSSR count). The Morgan fingerprint density at radius 3 is 2.63 bits per heavy atom. The molecule has 5 aliphatic rings. The van der Waals surface area contributed by atoms with Crippen LogP contribution in [0.1, 0.15) is 65.2 Å². The molecule has 1 heterocycles. The summed E-state index contributed by atoms with van der Waals surface area (Å²) in [5, 5.41) is 30.9. The van der Waals surface area contributed by atoms with Crippen molar-refractivity contribution in [1.29, 1.82) is 0 Å². The molecule has 0 bridgehead atoms. The van der Waals surface area contributed by atoms with Crippen molar-refractivity contribution in [3.05, 3.63) is 11.6 Å². The topological polar surface area (TPSA) is 124 Å². The minimum absolute atomic E-state index is 0.0489. The van der Waals surface area contributed by atoms with Crippen LogP contribution in [0.25, 0.3) is 0 Å². The van der Waals surface area contributed by atoms with Gasteiger partial charge in [0.2, 0.25) is 0 Å². The summed E-state index contributed by atoms with van der Waals surface area (Å²) in [5.41, 5.74) is -1.74. The van der Waals surface area contributed by atoms with Crippen molar-refractivity contribution < 1.29 is 34.4 Å². The Kier molecular flexibility index (Phi) is 4.00. The minimum atomic E-state index is -1.13. The first-order valence-electron chi connectivity index (χ1n) is 11.1. The summed E-state index contributed by atoms with van der Waals surface area (Å²) in [5.74, 6) is -2.70. The number of fused-ring (bicyclic) bond motifs is 3. The van der Waals surface area contributed by atoms with Crippen molar-refractivity contribution in [3.63, 3.8) is 0 Å². The maximum atomic E-state index is 12.4. The van der Waals surface area contributed by atoms with Crippen LogP contribution < -0.4 is 0 Å². The average molecular weight is 418 g/mol. The second-order valence-electron chi connectivity index (χ2n) is 10.7. The summed E-state index contributed by atoms with van der Waals surface area (Å²) in [6.45, 7) is 4.14. The number of aliphatic carboxylic acids is 2. The van der Waals surface area contributed by atoms with E-state index in [1.165, 1.54) is 0 Å². The van der Waals surface area contributed by atoms with E-state index in [2.05, 4.69) is 6.92 Å². The lowest BCUT2D eigenvalue weighted by atomic mass is 9.43. The summed E-state index contributed by atoms with van der Waals surface area (Å²) < 4.78 is 6.44. The molecule has 1 aliphatic heterocycles. The van der Waals surface area contributed by atoms with Crippen LogP contribution in [0.2, 0.25) is 0 Å². The van der Waals surface area contributed by atoms with E-state index in [4.69, 9.17) is 9.84 Å². The molecule has 4 fully saturated rings. The first-order chi connectivity index (χ1) is 14.0. The van der Waals surface area contributed by atoms with Gasteiger partial charge in [0.15, 0.2) is 5.78 Å². The number of aliphatic hydroxyl groups is 1. The monoisotopic (exact) mass is 418 g/mol. The van der Waals surface area contributed by atoms with E-state index in [-0.39, 0.29) is 42.0 Å². The number of carboxylic acid groups (broad SMARTS) is 2. The number of carboxylic acids is 2. The fraction of sp³-hybridized carbons (Fsp3) is 0.783. The van der Waals surface area contributed by atoms with Crippen LogP contribution in [0.5, 0.6) is 0 Å². The van der Waals surface area contributed by atoms with E-state index in [1.807, 2.05) is 6.92 Å². The van der Waals surface area contributed by atoms with Crippen molar-refractivity contribution >= 4 is 17.7 Å². The van der Waals surface area contributed by atoms with Crippen LogP contribution in [0.15, 0.2) is 11.6 Å². The van der Waals surface area contributed by atoms with Gasteiger partial charge in [-0.05, 0) is 50.5 Å². The third-order valence-corrected chi connectivity index (χ3v) is 9.77. The van der Waals surface area contributed by atoms with E-state index < -0.39 is 34.5 Å². The molecule has 0 radical (unpaired) electrons. The van der Waals surface area contributed by atoms with E-state index >= 15 is 0 Å². The summed E-state index contributed by atoms with van der Waals surface area (Å²) in [6, 6.07) is 0. The summed E-state index contributed by atoms with van der Waals surface area (Å²) in [7, 11) is 0. The van der Waals surface area contributed by atoms with Crippen molar-refractivity contribution in [2.75, 3.05) is 0 Å². The Morgan fingerprint density at radius 2 is 1.97 bits per heavy atom. The molecule has 164 valence electrons. The molecule has 7 heteroatoms. The Hall–Kier alpha value is -1.73. The van der Waals surface area contributed by atoms with Gasteiger partial charge >= 0.3 is 11.9 Å². The number of ether oxygens (including phenoxy) is 1. The lowest BCUT2D eigenvalue weighted by Crippen LogP contribution is -2.63. The average Bonchev–Trinajstić information content (AvgIpc) is 3.32. The van der Waals surface area contributed by atoms with Gasteiger partial charge in [0.05, 0.1) is 17.6 Å². The molecule has 8 atom stereocenters. The zero-order chi connectivity index (χ0) is 21.7. The predicted octanol–water partition coefficient (Wildman–Crippen LogP) is 2.56. The van der Waals surface area contributed by atoms with Gasteiger partial charge in [-0.1, -0.05) is 19.4 Å². The molecule has 30 heavy (non-hydrogen) atoms. The van der Waals surface area contributed by atoms with Gasteiger partial charge in [0.1, 0.15) is 5.60 Å². The Morgan fingerprint density at radius 1 is 1.23 bits per heavy atom. The van der Waals surface area contributed by atoms with Crippen molar-refractivity contribution in [1.82, 2.24) is 0 Å². The van der Waals surface area contributed by atoms with Crippen LogP contribution in [-0.2, 0) is 19.1 Å². The van der Waals surface area contributed by atoms with Crippen molar-refractivity contribution in [3.8, 4) is 0 Å². The Balaban J connectivity index is 1.59. The SMILES string of the molecule is C[C@]12CCC(=O)C=C1CC(C(=O)O)C1C3CC[C@@](O)(CCC(=O)O)[C@@]3(C)C[C@H]3O[C@@]132. The molecular weight excluding hydrogens is 388 g/mol. The number of epoxide rings is 1. The Bertz CT molecular complexity index is 879. The van der Waals surface area contributed by atoms with Gasteiger partial charge in [-0.3, -0.25) is 14.4 Å². The third kappa shape index (κ3) is 2.25. The number of hydrogen-bond donors (Lipinski definition) is 3. The van der Waals surface area contributed by atoms with Crippen molar-refractivity contribution in [2.24, 2.45) is 28.6 Å². The standard InChI is InChI=1S/C23H30O7/c1-20-6-3-13(24)9-12(20)10-14(19(27)28)18-15-4-7-22(29,8-5-17(25)26)21(15,2)11-16-23(18,20)30-16/h9,14-16,18,29H,3-8,10-11H2,1-2H3,(H,25,26)(H,27,28)/t14?,15?,16-,18?,20+,21+,22-,23-/m1/s1. The van der Waals surface area contributed by atoms with Gasteiger partial charge < -0.3 is 20.1 Å². The largest absolute Gasteiger partial charge is 0.481 e. The van der Waals surface area contributed by atoms with Crippen LogP contribution in [-0.4, -0.2) is 50.3 Å². The quantitative estimate of drug-likeness (QED) is 0.599. The fourth-order valence-electron chi connectivity index (χ4n) is 8.08. The fourth-order valence-corrected chi connectivity index (χ4v) is 8.08. The third-order valence-electron chi connectivity index (χ3n) is 9.77. The number of hydrogen-bond acceptors (Lipinski definition) is 5. The zero-order valence-corrected chi connectivity index (χ0v) is 17.5. The van der Waals surface area contributed by atoms with Gasteiger partial charge in [0, 0.05) is 29.6 Å². The van der Waals surface area contributed by atoms with Gasteiger partial charge in [-0.25, -0.2) is 0 Å². The Labute approximate surface area is 175 Å². The zero-order valence-electron chi connectivity index (χ0n) is 17.5. The number of carbonyl (C=O) groups is 3. The van der Waals surface area contributed by atoms with Gasteiger partial charge in [-0.15, -0.1) is 0 Å². The minimum Gasteiger partial charge on any atom is -0.481 e. The van der Waals surface area contributed by atoms with Crippen molar-refractivity contribution in [2.45, 2.75) is 82.5 Å². The molecule has 0 amide bonds. The second-order valence-corrected chi connectivity index (χ2v) is 10.7. The smallest absolute Gasteiger partial charge is 0.307 e. The highest BCUT2D eigenvalue weighted by Crippen LogP contribution is 2.77. The second kappa shape index (κ2) is 5.94. The molecule has 3 unspecified atom stereocenters. The van der Waals surface area contributed by atoms with Crippen LogP contribution in [0, 0.1) is 28.6 Å². The molecule has 4 aliphatic carbocycles. The molecule has 3 N–H and O–H groups in total. The molecule has 0 aromatic rings. The van der Waals surface area contributed by atoms with Crippen LogP contribution in [0.4, 0.5) is 0 Å². The van der Waals surface area contributed by atoms with E-state index in [9.17, 15) is 24.6 Å². The van der Waals surface area contributed by atoms with Crippen LogP contribution >= 0.6 is 0 Å². The lowest BCUT2D eigenvalue weighted by Gasteiger charge is -2.58. The maximum Gasteiger partial charge on any atom is 0.307 e. The maximum absolute atomic E-state index is 12.4. The first-order valence-corrected chi connectivity index (χ1v) is 11.1. The molecule has 0 aromatic carbocycles. The molecule has 1 saturated heterocycles. The normalized spacial score (nSPS) is 51.2. The number of ketones is 1. The molecule has 7 nitrogen and oxygen atoms in total. The molecular formula is C23H30O7. The first kappa shape index (κ1) is 20.2. The van der Waals surface area contributed by atoms with E-state index in [0.29, 0.717) is 38.5 Å². The number of carbonyl (C=O) groups excluding carboxylic acids is 1. The molecule has 1 spiro atoms. The summed E-state index contributed by atoms with van der Waals surface area (Å²) >= 11 is 0. The highest BCUT2D eigenvalue weighted by atomic mass is 16.6. The van der Waals surface area contributed by atoms with Crippen LogP contribution in [0.3, 0.4) is 0 Å². The van der Waals surface area contributed by atoms with Gasteiger partial charge in [-0.2, -0.15) is 0 Å². The summed E-state index contributed by atoms with van der Waals surface area (Å²) in [6.07, 6.45) is 4.81.